The molecule has 1 aliphatic heterocycles. The fraction of sp³-hybridized carbons (Fsp3) is 0.421. The number of nitrogens with two attached hydrogens (primary N) is 1. The van der Waals surface area contributed by atoms with Crippen molar-refractivity contribution >= 4 is 24.5 Å². The number of halogens is 7. The Morgan fingerprint density at radius 2 is 1.81 bits per heavy atom. The van der Waals surface area contributed by atoms with E-state index in [1.807, 2.05) is 0 Å². The monoisotopic (exact) mass is 484 g/mol. The molecule has 1 aromatic heterocycles. The van der Waals surface area contributed by atoms with Crippen LogP contribution in [-0.4, -0.2) is 39.1 Å². The van der Waals surface area contributed by atoms with Crippen molar-refractivity contribution in [3.63, 3.8) is 0 Å². The SMILES string of the molecule is CC(=O)c1nc(C(F)(F)F)n2c1CN(C(c1cc(F)c(F)cc1F)C(N)CC=O)CC2.Cl. The average molecular weight is 485 g/mol. The smallest absolute Gasteiger partial charge is 0.326 e. The normalized spacial score (nSPS) is 16.1. The molecule has 2 unspecified atom stereocenters. The maximum absolute atomic E-state index is 14.5. The van der Waals surface area contributed by atoms with Crippen molar-refractivity contribution in [3.05, 3.63) is 52.4 Å². The Kier molecular flexibility index (Phi) is 7.74. The van der Waals surface area contributed by atoms with Crippen molar-refractivity contribution < 1.29 is 35.9 Å². The third kappa shape index (κ3) is 4.81. The second-order valence-electron chi connectivity index (χ2n) is 7.21. The van der Waals surface area contributed by atoms with E-state index in [4.69, 9.17) is 5.73 Å². The first-order chi connectivity index (χ1) is 14.5. The second kappa shape index (κ2) is 9.59. The Labute approximate surface area is 184 Å². The number of aromatic nitrogens is 2. The van der Waals surface area contributed by atoms with Gasteiger partial charge in [0.1, 0.15) is 17.8 Å². The van der Waals surface area contributed by atoms with Crippen molar-refractivity contribution in [2.45, 2.75) is 44.7 Å². The molecule has 2 aromatic rings. The van der Waals surface area contributed by atoms with Crippen LogP contribution in [0.2, 0.25) is 0 Å². The molecule has 2 atom stereocenters. The van der Waals surface area contributed by atoms with Gasteiger partial charge in [-0.05, 0) is 6.07 Å². The maximum atomic E-state index is 14.5. The summed E-state index contributed by atoms with van der Waals surface area (Å²) in [6.45, 7) is 0.403. The highest BCUT2D eigenvalue weighted by molar-refractivity contribution is 5.93. The van der Waals surface area contributed by atoms with Crippen molar-refractivity contribution in [2.75, 3.05) is 6.54 Å². The van der Waals surface area contributed by atoms with Crippen LogP contribution in [0, 0.1) is 17.5 Å². The minimum absolute atomic E-state index is 0. The van der Waals surface area contributed by atoms with Gasteiger partial charge in [-0.2, -0.15) is 13.2 Å². The minimum Gasteiger partial charge on any atom is -0.326 e. The predicted octanol–water partition coefficient (Wildman–Crippen LogP) is 3.42. The highest BCUT2D eigenvalue weighted by atomic mass is 35.5. The zero-order chi connectivity index (χ0) is 23.1. The molecule has 1 aliphatic rings. The number of hydrogen-bond donors (Lipinski definition) is 1. The summed E-state index contributed by atoms with van der Waals surface area (Å²) >= 11 is 0. The van der Waals surface area contributed by atoms with Crippen LogP contribution in [0.1, 0.15) is 47.0 Å². The fourth-order valence-corrected chi connectivity index (χ4v) is 3.83. The first-order valence-electron chi connectivity index (χ1n) is 9.21. The van der Waals surface area contributed by atoms with Crippen LogP contribution in [0.15, 0.2) is 12.1 Å². The molecule has 13 heteroatoms. The molecule has 176 valence electrons. The average Bonchev–Trinajstić information content (AvgIpc) is 3.06. The van der Waals surface area contributed by atoms with Crippen LogP contribution in [0.4, 0.5) is 26.3 Å². The van der Waals surface area contributed by atoms with E-state index in [0.29, 0.717) is 18.4 Å². The molecule has 3 rings (SSSR count). The summed E-state index contributed by atoms with van der Waals surface area (Å²) in [5, 5.41) is 0. The largest absolute Gasteiger partial charge is 0.449 e. The van der Waals surface area contributed by atoms with Gasteiger partial charge < -0.3 is 15.1 Å². The number of rotatable bonds is 6. The van der Waals surface area contributed by atoms with Gasteiger partial charge >= 0.3 is 6.18 Å². The van der Waals surface area contributed by atoms with E-state index in [9.17, 15) is 35.9 Å². The molecule has 0 aliphatic carbocycles. The lowest BCUT2D eigenvalue weighted by Crippen LogP contribution is -2.45. The number of ketones is 1. The van der Waals surface area contributed by atoms with Gasteiger partial charge in [0.05, 0.1) is 11.7 Å². The molecule has 2 N–H and O–H groups in total. The van der Waals surface area contributed by atoms with E-state index in [0.717, 1.165) is 11.5 Å². The standard InChI is InChI=1S/C19H18F6N4O2.ClH/c1-9(31)16-15-8-28(3-4-29(15)18(27-16)19(23,24)25)17(14(26)2-5-30)10-6-12(21)13(22)7-11(10)20;/h5-7,14,17H,2-4,8,26H2,1H3;1H. The Morgan fingerprint density at radius 1 is 1.19 bits per heavy atom. The molecule has 6 nitrogen and oxygen atoms in total. The van der Waals surface area contributed by atoms with Gasteiger partial charge in [0.2, 0.25) is 5.82 Å². The minimum atomic E-state index is -4.80. The molecular weight excluding hydrogens is 466 g/mol. The van der Waals surface area contributed by atoms with Gasteiger partial charge in [-0.1, -0.05) is 0 Å². The van der Waals surface area contributed by atoms with Crippen LogP contribution >= 0.6 is 12.4 Å². The van der Waals surface area contributed by atoms with Crippen molar-refractivity contribution in [2.24, 2.45) is 5.73 Å². The summed E-state index contributed by atoms with van der Waals surface area (Å²) in [7, 11) is 0. The number of fused-ring (bicyclic) bond motifs is 1. The number of aldehydes is 1. The van der Waals surface area contributed by atoms with Gasteiger partial charge in [0, 0.05) is 50.7 Å². The summed E-state index contributed by atoms with van der Waals surface area (Å²) in [6, 6.07) is -1.30. The van der Waals surface area contributed by atoms with E-state index >= 15 is 0 Å². The van der Waals surface area contributed by atoms with Crippen LogP contribution in [0.5, 0.6) is 0 Å². The molecule has 0 saturated heterocycles. The third-order valence-corrected chi connectivity index (χ3v) is 5.15. The number of Topliss-reactive ketones (excluding diaryl/α,β-unsaturated/α-hetero) is 1. The second-order valence-corrected chi connectivity index (χ2v) is 7.21. The van der Waals surface area contributed by atoms with Crippen LogP contribution in [0.25, 0.3) is 0 Å². The van der Waals surface area contributed by atoms with Gasteiger partial charge in [-0.15, -0.1) is 12.4 Å². The number of carbonyl (C=O) groups is 2. The third-order valence-electron chi connectivity index (χ3n) is 5.15. The molecule has 0 radical (unpaired) electrons. The number of nitrogens with zero attached hydrogens (tertiary/aromatic N) is 3. The van der Waals surface area contributed by atoms with E-state index in [1.165, 1.54) is 4.90 Å². The predicted molar refractivity (Wildman–Crippen MR) is 103 cm³/mol. The van der Waals surface area contributed by atoms with E-state index < -0.39 is 53.0 Å². The first kappa shape index (κ1) is 25.8. The zero-order valence-corrected chi connectivity index (χ0v) is 17.4. The summed E-state index contributed by atoms with van der Waals surface area (Å²) in [5.41, 5.74) is 5.21. The number of alkyl halides is 3. The summed E-state index contributed by atoms with van der Waals surface area (Å²) < 4.78 is 82.6. The van der Waals surface area contributed by atoms with Gasteiger partial charge in [0.25, 0.3) is 0 Å². The van der Waals surface area contributed by atoms with Crippen molar-refractivity contribution in [1.82, 2.24) is 14.5 Å². The fourth-order valence-electron chi connectivity index (χ4n) is 3.83. The molecule has 0 bridgehead atoms. The lowest BCUT2D eigenvalue weighted by atomic mass is 9.94. The van der Waals surface area contributed by atoms with Crippen molar-refractivity contribution in [3.8, 4) is 0 Å². The lowest BCUT2D eigenvalue weighted by molar-refractivity contribution is -0.147. The summed E-state index contributed by atoms with van der Waals surface area (Å²) in [4.78, 5) is 27.7. The molecular formula is C19H19ClF6N4O2. The van der Waals surface area contributed by atoms with E-state index in [-0.39, 0.29) is 49.7 Å². The Hall–Kier alpha value is -2.44. The lowest BCUT2D eigenvalue weighted by Gasteiger charge is -2.38. The molecule has 0 spiro atoms. The molecule has 2 heterocycles. The van der Waals surface area contributed by atoms with Gasteiger partial charge in [-0.3, -0.25) is 9.69 Å². The summed E-state index contributed by atoms with van der Waals surface area (Å²) in [5.74, 6) is -5.82. The van der Waals surface area contributed by atoms with Crippen LogP contribution < -0.4 is 5.73 Å². The molecule has 0 fully saturated rings. The van der Waals surface area contributed by atoms with E-state index in [2.05, 4.69) is 4.98 Å². The Bertz CT molecular complexity index is 1030. The van der Waals surface area contributed by atoms with Gasteiger partial charge in [0.15, 0.2) is 17.4 Å². The highest BCUT2D eigenvalue weighted by Crippen LogP contribution is 2.36. The molecule has 0 amide bonds. The number of hydrogen-bond acceptors (Lipinski definition) is 5. The van der Waals surface area contributed by atoms with Crippen LogP contribution in [0.3, 0.4) is 0 Å². The topological polar surface area (TPSA) is 81.2 Å². The van der Waals surface area contributed by atoms with Crippen LogP contribution in [-0.2, 0) is 24.1 Å². The maximum Gasteiger partial charge on any atom is 0.449 e. The Balaban J connectivity index is 0.00000363. The number of benzene rings is 1. The quantitative estimate of drug-likeness (QED) is 0.294. The zero-order valence-electron chi connectivity index (χ0n) is 16.6. The number of imidazole rings is 1. The van der Waals surface area contributed by atoms with Gasteiger partial charge in [-0.25, -0.2) is 18.2 Å². The molecule has 0 saturated carbocycles. The molecule has 32 heavy (non-hydrogen) atoms. The van der Waals surface area contributed by atoms with E-state index in [1.54, 1.807) is 0 Å². The highest BCUT2D eigenvalue weighted by Gasteiger charge is 2.42. The molecule has 1 aromatic carbocycles. The Morgan fingerprint density at radius 3 is 2.38 bits per heavy atom. The summed E-state index contributed by atoms with van der Waals surface area (Å²) in [6.07, 6.45) is -4.61. The van der Waals surface area contributed by atoms with Crippen molar-refractivity contribution in [1.29, 1.82) is 0 Å². The number of carbonyl (C=O) groups excluding carboxylic acids is 2. The first-order valence-corrected chi connectivity index (χ1v) is 9.21.